The van der Waals surface area contributed by atoms with Crippen LogP contribution in [0.2, 0.25) is 10.0 Å². The van der Waals surface area contributed by atoms with Crippen molar-refractivity contribution >= 4 is 23.2 Å². The first-order valence-electron chi connectivity index (χ1n) is 5.97. The van der Waals surface area contributed by atoms with Crippen LogP contribution < -0.4 is 5.32 Å². The van der Waals surface area contributed by atoms with Crippen molar-refractivity contribution in [3.05, 3.63) is 33.8 Å². The van der Waals surface area contributed by atoms with E-state index in [1.54, 1.807) is 6.07 Å². The van der Waals surface area contributed by atoms with E-state index >= 15 is 0 Å². The van der Waals surface area contributed by atoms with Gasteiger partial charge in [0.25, 0.3) is 0 Å². The average molecular weight is 276 g/mol. The monoisotopic (exact) mass is 275 g/mol. The molecule has 1 N–H and O–H groups in total. The molecule has 0 atom stereocenters. The molecule has 0 aliphatic heterocycles. The fourth-order valence-electron chi connectivity index (χ4n) is 1.40. The summed E-state index contributed by atoms with van der Waals surface area (Å²) in [4.78, 5) is 0. The predicted octanol–water partition coefficient (Wildman–Crippen LogP) is 3.90. The van der Waals surface area contributed by atoms with Crippen LogP contribution in [0.25, 0.3) is 0 Å². The number of halogens is 2. The summed E-state index contributed by atoms with van der Waals surface area (Å²) in [6.07, 6.45) is 2.30. The van der Waals surface area contributed by atoms with Crippen LogP contribution >= 0.6 is 23.2 Å². The van der Waals surface area contributed by atoms with Gasteiger partial charge in [-0.05, 0) is 18.1 Å². The summed E-state index contributed by atoms with van der Waals surface area (Å²) in [5.74, 6) is 0. The molecule has 0 bridgehead atoms. The summed E-state index contributed by atoms with van der Waals surface area (Å²) in [5.41, 5.74) is 1.02. The fraction of sp³-hybridized carbons (Fsp3) is 0.538. The maximum Gasteiger partial charge on any atom is 0.0637 e. The molecule has 0 spiro atoms. The molecule has 0 unspecified atom stereocenters. The Morgan fingerprint density at radius 3 is 2.82 bits per heavy atom. The summed E-state index contributed by atoms with van der Waals surface area (Å²) in [7, 11) is 0. The van der Waals surface area contributed by atoms with Crippen LogP contribution in [0.3, 0.4) is 0 Å². The van der Waals surface area contributed by atoms with E-state index in [-0.39, 0.29) is 0 Å². The Hall–Kier alpha value is -0.280. The van der Waals surface area contributed by atoms with E-state index in [4.69, 9.17) is 27.9 Å². The van der Waals surface area contributed by atoms with Crippen LogP contribution in [0, 0.1) is 0 Å². The lowest BCUT2D eigenvalue weighted by atomic mass is 10.2. The van der Waals surface area contributed by atoms with Crippen molar-refractivity contribution in [3.63, 3.8) is 0 Å². The zero-order valence-electron chi connectivity index (χ0n) is 10.1. The van der Waals surface area contributed by atoms with E-state index in [0.717, 1.165) is 38.3 Å². The highest BCUT2D eigenvalue weighted by molar-refractivity contribution is 6.42. The summed E-state index contributed by atoms with van der Waals surface area (Å²) >= 11 is 12.0. The average Bonchev–Trinajstić information content (AvgIpc) is 2.33. The molecule has 0 aromatic heterocycles. The second-order valence-corrected chi connectivity index (χ2v) is 4.64. The van der Waals surface area contributed by atoms with E-state index in [2.05, 4.69) is 12.2 Å². The highest BCUT2D eigenvalue weighted by atomic mass is 35.5. The fourth-order valence-corrected chi connectivity index (χ4v) is 1.79. The predicted molar refractivity (Wildman–Crippen MR) is 73.9 cm³/mol. The van der Waals surface area contributed by atoms with Gasteiger partial charge in [0.2, 0.25) is 0 Å². The van der Waals surface area contributed by atoms with Gasteiger partial charge in [0.1, 0.15) is 0 Å². The minimum atomic E-state index is 0.602. The first-order chi connectivity index (χ1) is 8.25. The molecule has 1 rings (SSSR count). The van der Waals surface area contributed by atoms with Crippen LogP contribution in [0.4, 0.5) is 0 Å². The van der Waals surface area contributed by atoms with Crippen molar-refractivity contribution in [2.75, 3.05) is 19.8 Å². The summed E-state index contributed by atoms with van der Waals surface area (Å²) in [6.45, 7) is 5.28. The van der Waals surface area contributed by atoms with Crippen molar-refractivity contribution in [1.29, 1.82) is 0 Å². The Morgan fingerprint density at radius 1 is 1.24 bits per heavy atom. The van der Waals surface area contributed by atoms with E-state index in [1.165, 1.54) is 6.42 Å². The van der Waals surface area contributed by atoms with Gasteiger partial charge in [-0.2, -0.15) is 0 Å². The van der Waals surface area contributed by atoms with Crippen LogP contribution in [-0.2, 0) is 11.3 Å². The second kappa shape index (κ2) is 8.76. The topological polar surface area (TPSA) is 21.3 Å². The van der Waals surface area contributed by atoms with Crippen molar-refractivity contribution in [2.45, 2.75) is 26.3 Å². The van der Waals surface area contributed by atoms with Gasteiger partial charge in [0.15, 0.2) is 0 Å². The first kappa shape index (κ1) is 14.8. The third kappa shape index (κ3) is 5.73. The zero-order chi connectivity index (χ0) is 12.5. The normalized spacial score (nSPS) is 10.8. The molecule has 0 amide bonds. The number of hydrogen-bond donors (Lipinski definition) is 1. The quantitative estimate of drug-likeness (QED) is 0.727. The van der Waals surface area contributed by atoms with Crippen molar-refractivity contribution < 1.29 is 4.74 Å². The minimum absolute atomic E-state index is 0.602. The van der Waals surface area contributed by atoms with Gasteiger partial charge < -0.3 is 10.1 Å². The maximum absolute atomic E-state index is 6.07. The lowest BCUT2D eigenvalue weighted by Gasteiger charge is -2.08. The van der Waals surface area contributed by atoms with Gasteiger partial charge in [-0.25, -0.2) is 0 Å². The van der Waals surface area contributed by atoms with Crippen molar-refractivity contribution in [2.24, 2.45) is 0 Å². The van der Waals surface area contributed by atoms with E-state index in [1.807, 2.05) is 12.1 Å². The lowest BCUT2D eigenvalue weighted by molar-refractivity contribution is 0.133. The molecule has 0 heterocycles. The molecule has 1 aromatic carbocycles. The second-order valence-electron chi connectivity index (χ2n) is 3.86. The first-order valence-corrected chi connectivity index (χ1v) is 6.72. The molecule has 1 aromatic rings. The SMILES string of the molecule is CCCCOCCNCc1cccc(Cl)c1Cl. The highest BCUT2D eigenvalue weighted by Crippen LogP contribution is 2.25. The Morgan fingerprint density at radius 2 is 2.06 bits per heavy atom. The van der Waals surface area contributed by atoms with Crippen molar-refractivity contribution in [3.8, 4) is 0 Å². The molecule has 17 heavy (non-hydrogen) atoms. The molecule has 0 aliphatic rings. The number of ether oxygens (including phenoxy) is 1. The molecule has 0 saturated heterocycles. The molecule has 0 radical (unpaired) electrons. The van der Waals surface area contributed by atoms with E-state index in [9.17, 15) is 0 Å². The third-order valence-electron chi connectivity index (χ3n) is 2.41. The van der Waals surface area contributed by atoms with Crippen molar-refractivity contribution in [1.82, 2.24) is 5.32 Å². The zero-order valence-corrected chi connectivity index (χ0v) is 11.7. The van der Waals surface area contributed by atoms with Gasteiger partial charge in [0, 0.05) is 19.7 Å². The lowest BCUT2D eigenvalue weighted by Crippen LogP contribution is -2.19. The highest BCUT2D eigenvalue weighted by Gasteiger charge is 2.02. The molecular formula is C13H19Cl2NO. The van der Waals surface area contributed by atoms with Crippen LogP contribution in [0.1, 0.15) is 25.3 Å². The summed E-state index contributed by atoms with van der Waals surface area (Å²) < 4.78 is 5.44. The standard InChI is InChI=1S/C13H19Cl2NO/c1-2-3-8-17-9-7-16-10-11-5-4-6-12(14)13(11)15/h4-6,16H,2-3,7-10H2,1H3. The van der Waals surface area contributed by atoms with E-state index in [0.29, 0.717) is 10.0 Å². The third-order valence-corrected chi connectivity index (χ3v) is 3.27. The van der Waals surface area contributed by atoms with Gasteiger partial charge in [0.05, 0.1) is 16.7 Å². The number of rotatable bonds is 8. The Balaban J connectivity index is 2.16. The molecule has 0 fully saturated rings. The van der Waals surface area contributed by atoms with E-state index < -0.39 is 0 Å². The number of nitrogens with one attached hydrogen (secondary N) is 1. The minimum Gasteiger partial charge on any atom is -0.380 e. The summed E-state index contributed by atoms with van der Waals surface area (Å²) in [5, 5.41) is 4.51. The number of hydrogen-bond acceptors (Lipinski definition) is 2. The molecule has 96 valence electrons. The van der Waals surface area contributed by atoms with Gasteiger partial charge in [-0.3, -0.25) is 0 Å². The smallest absolute Gasteiger partial charge is 0.0637 e. The Bertz CT molecular complexity index is 331. The van der Waals surface area contributed by atoms with Gasteiger partial charge in [-0.1, -0.05) is 48.7 Å². The Labute approximate surface area is 113 Å². The molecular weight excluding hydrogens is 257 g/mol. The maximum atomic E-state index is 6.07. The Kier molecular flexibility index (Phi) is 7.62. The molecule has 2 nitrogen and oxygen atoms in total. The largest absolute Gasteiger partial charge is 0.380 e. The summed E-state index contributed by atoms with van der Waals surface area (Å²) in [6, 6.07) is 5.67. The van der Waals surface area contributed by atoms with Gasteiger partial charge in [-0.15, -0.1) is 0 Å². The molecule has 0 saturated carbocycles. The van der Waals surface area contributed by atoms with Gasteiger partial charge >= 0.3 is 0 Å². The number of unbranched alkanes of at least 4 members (excludes halogenated alkanes) is 1. The van der Waals surface area contributed by atoms with Crippen LogP contribution in [0.15, 0.2) is 18.2 Å². The molecule has 4 heteroatoms. The van der Waals surface area contributed by atoms with Crippen LogP contribution in [0.5, 0.6) is 0 Å². The van der Waals surface area contributed by atoms with Crippen LogP contribution in [-0.4, -0.2) is 19.8 Å². The molecule has 0 aliphatic carbocycles. The number of benzene rings is 1.